The van der Waals surface area contributed by atoms with Crippen LogP contribution in [-0.2, 0) is 17.8 Å². The summed E-state index contributed by atoms with van der Waals surface area (Å²) < 4.78 is 5.76. The van der Waals surface area contributed by atoms with Crippen LogP contribution in [0.3, 0.4) is 0 Å². The third-order valence-electron chi connectivity index (χ3n) is 6.71. The number of anilines is 1. The molecule has 2 aliphatic heterocycles. The number of para-hydroxylation sites is 1. The molecule has 1 aromatic carbocycles. The van der Waals surface area contributed by atoms with Crippen molar-refractivity contribution < 1.29 is 14.0 Å². The topological polar surface area (TPSA) is 65.8 Å². The summed E-state index contributed by atoms with van der Waals surface area (Å²) in [6, 6.07) is 11.0. The van der Waals surface area contributed by atoms with Crippen molar-refractivity contribution in [1.82, 2.24) is 10.2 Å². The molecule has 6 heteroatoms. The Labute approximate surface area is 177 Å². The van der Waals surface area contributed by atoms with Crippen LogP contribution in [0, 0.1) is 5.92 Å². The Hall–Kier alpha value is -2.76. The lowest BCUT2D eigenvalue weighted by Crippen LogP contribution is -2.43. The second-order valence-corrected chi connectivity index (χ2v) is 8.92. The molecule has 3 heterocycles. The standard InChI is InChI=1S/C24H29N3O3/c1-16-14-18-4-2-3-5-21(18)27(16)15-22-20(10-13-30-22)24(29)26-11-8-17(9-12-26)23(28)25-19-6-7-19/h2-5,10,13,16-17,19H,6-9,11-12,14-15H2,1H3,(H,25,28). The first kappa shape index (κ1) is 19.2. The van der Waals surface area contributed by atoms with Crippen LogP contribution in [-0.4, -0.2) is 41.9 Å². The van der Waals surface area contributed by atoms with Crippen molar-refractivity contribution in [2.45, 2.75) is 57.7 Å². The van der Waals surface area contributed by atoms with E-state index >= 15 is 0 Å². The van der Waals surface area contributed by atoms with Gasteiger partial charge < -0.3 is 19.5 Å². The number of likely N-dealkylation sites (tertiary alicyclic amines) is 1. The second kappa shape index (κ2) is 7.82. The normalized spacial score (nSPS) is 21.6. The molecule has 1 aliphatic carbocycles. The lowest BCUT2D eigenvalue weighted by molar-refractivity contribution is -0.126. The fraction of sp³-hybridized carbons (Fsp3) is 0.500. The van der Waals surface area contributed by atoms with E-state index in [2.05, 4.69) is 41.4 Å². The molecular weight excluding hydrogens is 378 g/mol. The monoisotopic (exact) mass is 407 g/mol. The smallest absolute Gasteiger partial charge is 0.257 e. The van der Waals surface area contributed by atoms with E-state index in [-0.39, 0.29) is 17.7 Å². The van der Waals surface area contributed by atoms with E-state index in [1.165, 1.54) is 11.3 Å². The predicted molar refractivity (Wildman–Crippen MR) is 114 cm³/mol. The number of rotatable bonds is 5. The first-order valence-corrected chi connectivity index (χ1v) is 11.1. The number of carbonyl (C=O) groups is 2. The molecule has 2 fully saturated rings. The van der Waals surface area contributed by atoms with E-state index in [9.17, 15) is 9.59 Å². The van der Waals surface area contributed by atoms with Crippen molar-refractivity contribution in [3.8, 4) is 0 Å². The number of nitrogens with zero attached hydrogens (tertiary/aromatic N) is 2. The summed E-state index contributed by atoms with van der Waals surface area (Å²) in [5, 5.41) is 3.09. The third-order valence-corrected chi connectivity index (χ3v) is 6.71. The maximum Gasteiger partial charge on any atom is 0.257 e. The van der Waals surface area contributed by atoms with Crippen molar-refractivity contribution in [3.05, 3.63) is 53.5 Å². The molecule has 3 aliphatic rings. The lowest BCUT2D eigenvalue weighted by atomic mass is 9.95. The highest BCUT2D eigenvalue weighted by Gasteiger charge is 2.33. The molecule has 6 nitrogen and oxygen atoms in total. The zero-order chi connectivity index (χ0) is 20.7. The van der Waals surface area contributed by atoms with Gasteiger partial charge in [-0.2, -0.15) is 0 Å². The number of amides is 2. The second-order valence-electron chi connectivity index (χ2n) is 8.92. The molecule has 1 unspecified atom stereocenters. The first-order chi connectivity index (χ1) is 14.6. The summed E-state index contributed by atoms with van der Waals surface area (Å²) in [6.07, 6.45) is 6.29. The van der Waals surface area contributed by atoms with Gasteiger partial charge in [0.1, 0.15) is 5.76 Å². The van der Waals surface area contributed by atoms with Crippen LogP contribution in [0.15, 0.2) is 41.0 Å². The minimum atomic E-state index is 0.0138. The number of benzene rings is 1. The third kappa shape index (κ3) is 3.71. The maximum absolute atomic E-state index is 13.2. The van der Waals surface area contributed by atoms with Crippen LogP contribution in [0.1, 0.15) is 54.3 Å². The molecule has 0 radical (unpaired) electrons. The van der Waals surface area contributed by atoms with Crippen molar-refractivity contribution in [3.63, 3.8) is 0 Å². The number of nitrogens with one attached hydrogen (secondary N) is 1. The molecule has 0 spiro atoms. The van der Waals surface area contributed by atoms with Gasteiger partial charge in [-0.05, 0) is 56.7 Å². The zero-order valence-electron chi connectivity index (χ0n) is 17.5. The molecule has 2 amide bonds. The number of carbonyl (C=O) groups excluding carboxylic acids is 2. The van der Waals surface area contributed by atoms with E-state index in [0.717, 1.165) is 37.9 Å². The summed E-state index contributed by atoms with van der Waals surface area (Å²) in [4.78, 5) is 29.7. The Morgan fingerprint density at radius 2 is 1.87 bits per heavy atom. The van der Waals surface area contributed by atoms with Gasteiger partial charge in [-0.25, -0.2) is 0 Å². The Kier molecular flexibility index (Phi) is 5.01. The van der Waals surface area contributed by atoms with Gasteiger partial charge in [0.2, 0.25) is 5.91 Å². The Morgan fingerprint density at radius 1 is 1.10 bits per heavy atom. The van der Waals surface area contributed by atoms with E-state index in [0.29, 0.717) is 37.3 Å². The molecule has 2 aromatic rings. The molecule has 5 rings (SSSR count). The summed E-state index contributed by atoms with van der Waals surface area (Å²) in [5.41, 5.74) is 3.21. The maximum atomic E-state index is 13.2. The van der Waals surface area contributed by atoms with Gasteiger partial charge in [0.15, 0.2) is 0 Å². The average Bonchev–Trinajstić information content (AvgIpc) is 3.36. The molecule has 1 aromatic heterocycles. The number of furan rings is 1. The van der Waals surface area contributed by atoms with E-state index in [1.54, 1.807) is 12.3 Å². The van der Waals surface area contributed by atoms with Crippen LogP contribution in [0.5, 0.6) is 0 Å². The van der Waals surface area contributed by atoms with Crippen LogP contribution in [0.25, 0.3) is 0 Å². The zero-order valence-corrected chi connectivity index (χ0v) is 17.5. The van der Waals surface area contributed by atoms with Crippen LogP contribution < -0.4 is 10.2 Å². The highest BCUT2D eigenvalue weighted by Crippen LogP contribution is 2.34. The quantitative estimate of drug-likeness (QED) is 0.825. The van der Waals surface area contributed by atoms with E-state index in [1.807, 2.05) is 4.90 Å². The van der Waals surface area contributed by atoms with Crippen LogP contribution >= 0.6 is 0 Å². The molecule has 1 saturated heterocycles. The summed E-state index contributed by atoms with van der Waals surface area (Å²) >= 11 is 0. The fourth-order valence-corrected chi connectivity index (χ4v) is 4.74. The molecule has 1 N–H and O–H groups in total. The van der Waals surface area contributed by atoms with Gasteiger partial charge >= 0.3 is 0 Å². The van der Waals surface area contributed by atoms with Gasteiger partial charge in [-0.15, -0.1) is 0 Å². The molecular formula is C24H29N3O3. The Balaban J connectivity index is 1.24. The van der Waals surface area contributed by atoms with E-state index in [4.69, 9.17) is 4.42 Å². The fourth-order valence-electron chi connectivity index (χ4n) is 4.74. The van der Waals surface area contributed by atoms with Crippen LogP contribution in [0.2, 0.25) is 0 Å². The molecule has 1 saturated carbocycles. The van der Waals surface area contributed by atoms with Gasteiger partial charge in [-0.3, -0.25) is 9.59 Å². The van der Waals surface area contributed by atoms with Crippen molar-refractivity contribution in [1.29, 1.82) is 0 Å². The van der Waals surface area contributed by atoms with Gasteiger partial charge in [0.05, 0.1) is 18.4 Å². The summed E-state index contributed by atoms with van der Waals surface area (Å²) in [7, 11) is 0. The van der Waals surface area contributed by atoms with Crippen molar-refractivity contribution in [2.24, 2.45) is 5.92 Å². The van der Waals surface area contributed by atoms with Crippen molar-refractivity contribution >= 4 is 17.5 Å². The first-order valence-electron chi connectivity index (χ1n) is 11.1. The summed E-state index contributed by atoms with van der Waals surface area (Å²) in [5.74, 6) is 0.924. The largest absolute Gasteiger partial charge is 0.467 e. The minimum absolute atomic E-state index is 0.0138. The Bertz CT molecular complexity index is 941. The average molecular weight is 408 g/mol. The van der Waals surface area contributed by atoms with Crippen molar-refractivity contribution in [2.75, 3.05) is 18.0 Å². The number of piperidine rings is 1. The number of fused-ring (bicyclic) bond motifs is 1. The van der Waals surface area contributed by atoms with E-state index < -0.39 is 0 Å². The number of hydrogen-bond donors (Lipinski definition) is 1. The van der Waals surface area contributed by atoms with Crippen LogP contribution in [0.4, 0.5) is 5.69 Å². The molecule has 30 heavy (non-hydrogen) atoms. The molecule has 1 atom stereocenters. The minimum Gasteiger partial charge on any atom is -0.467 e. The van der Waals surface area contributed by atoms with Gasteiger partial charge in [0, 0.05) is 36.8 Å². The van der Waals surface area contributed by atoms with Gasteiger partial charge in [-0.1, -0.05) is 18.2 Å². The number of hydrogen-bond acceptors (Lipinski definition) is 4. The Morgan fingerprint density at radius 3 is 2.63 bits per heavy atom. The molecule has 158 valence electrons. The molecule has 0 bridgehead atoms. The lowest BCUT2D eigenvalue weighted by Gasteiger charge is -2.31. The SMILES string of the molecule is CC1Cc2ccccc2N1Cc1occc1C(=O)N1CCC(C(=O)NC2CC2)CC1. The van der Waals surface area contributed by atoms with Gasteiger partial charge in [0.25, 0.3) is 5.91 Å². The highest BCUT2D eigenvalue weighted by atomic mass is 16.3. The highest BCUT2D eigenvalue weighted by molar-refractivity contribution is 5.95. The predicted octanol–water partition coefficient (Wildman–Crippen LogP) is 3.36. The summed E-state index contributed by atoms with van der Waals surface area (Å²) in [6.45, 7) is 4.04.